The molecule has 2 amide bonds. The van der Waals surface area contributed by atoms with Gasteiger partial charge in [-0.1, -0.05) is 17.7 Å². The highest BCUT2D eigenvalue weighted by Gasteiger charge is 2.57. The standard InChI is InChI=1S/C22H22Cl2F3N5O4S2/c23-16-5-3-15(4-6-16)20(34)29-13-17-7-8-19(37-17)38(35,36)31-14-18(33)28-11-12-32(24)21(22(25,26)27)9-1-2-10-30-21/h1-10,30-31H,11-14H2,(H,28,33)(H,29,34). The van der Waals surface area contributed by atoms with E-state index in [1.165, 1.54) is 24.3 Å². The number of halogens is 5. The zero-order chi connectivity index (χ0) is 28.0. The van der Waals surface area contributed by atoms with Crippen molar-refractivity contribution < 1.29 is 31.2 Å². The first-order valence-electron chi connectivity index (χ1n) is 10.9. The fourth-order valence-corrected chi connectivity index (χ4v) is 5.90. The molecule has 1 aromatic carbocycles. The molecule has 9 nitrogen and oxygen atoms in total. The Morgan fingerprint density at radius 1 is 1.08 bits per heavy atom. The number of hydrogen-bond donors (Lipinski definition) is 4. The molecule has 16 heteroatoms. The highest BCUT2D eigenvalue weighted by atomic mass is 35.5. The smallest absolute Gasteiger partial charge is 0.362 e. The first-order chi connectivity index (χ1) is 17.8. The second-order valence-electron chi connectivity index (χ2n) is 7.80. The molecule has 38 heavy (non-hydrogen) atoms. The number of nitrogens with one attached hydrogen (secondary N) is 4. The zero-order valence-corrected chi connectivity index (χ0v) is 22.5. The van der Waals surface area contributed by atoms with Gasteiger partial charge in [-0.15, -0.1) is 11.3 Å². The second-order valence-corrected chi connectivity index (χ2v) is 11.8. The van der Waals surface area contributed by atoms with Crippen molar-refractivity contribution in [2.24, 2.45) is 0 Å². The summed E-state index contributed by atoms with van der Waals surface area (Å²) in [6, 6.07) is 9.10. The van der Waals surface area contributed by atoms with Crippen molar-refractivity contribution in [3.05, 3.63) is 76.3 Å². The summed E-state index contributed by atoms with van der Waals surface area (Å²) in [5.41, 5.74) is -2.26. The number of nitrogens with zero attached hydrogens (tertiary/aromatic N) is 1. The van der Waals surface area contributed by atoms with E-state index in [0.717, 1.165) is 23.6 Å². The van der Waals surface area contributed by atoms with Crippen LogP contribution in [0.2, 0.25) is 5.02 Å². The van der Waals surface area contributed by atoms with Crippen molar-refractivity contribution in [2.45, 2.75) is 22.6 Å². The zero-order valence-electron chi connectivity index (χ0n) is 19.4. The van der Waals surface area contributed by atoms with Crippen LogP contribution in [-0.4, -0.2) is 56.1 Å². The first-order valence-corrected chi connectivity index (χ1v) is 13.9. The van der Waals surface area contributed by atoms with Crippen LogP contribution in [0.4, 0.5) is 13.2 Å². The molecule has 2 heterocycles. The molecule has 0 fully saturated rings. The monoisotopic (exact) mass is 611 g/mol. The Bertz CT molecular complexity index is 1320. The minimum Gasteiger partial charge on any atom is -0.362 e. The SMILES string of the molecule is O=C(CNS(=O)(=O)c1ccc(CNC(=O)c2ccc(Cl)cc2)s1)NCCN(Cl)C1(C(F)(F)F)C=CC=CN1. The van der Waals surface area contributed by atoms with Crippen LogP contribution in [0.5, 0.6) is 0 Å². The fourth-order valence-electron chi connectivity index (χ4n) is 3.17. The van der Waals surface area contributed by atoms with E-state index in [0.29, 0.717) is 19.9 Å². The molecule has 206 valence electrons. The first kappa shape index (κ1) is 29.9. The van der Waals surface area contributed by atoms with Gasteiger partial charge in [0.15, 0.2) is 0 Å². The average Bonchev–Trinajstić information content (AvgIpc) is 3.36. The summed E-state index contributed by atoms with van der Waals surface area (Å²) >= 11 is 12.6. The number of amides is 2. The maximum absolute atomic E-state index is 13.6. The van der Waals surface area contributed by atoms with Gasteiger partial charge in [-0.3, -0.25) is 9.59 Å². The van der Waals surface area contributed by atoms with Crippen LogP contribution in [-0.2, 0) is 21.4 Å². The van der Waals surface area contributed by atoms with Crippen molar-refractivity contribution in [1.29, 1.82) is 0 Å². The van der Waals surface area contributed by atoms with E-state index >= 15 is 0 Å². The predicted octanol–water partition coefficient (Wildman–Crippen LogP) is 3.11. The Morgan fingerprint density at radius 3 is 2.42 bits per heavy atom. The van der Waals surface area contributed by atoms with E-state index in [9.17, 15) is 31.2 Å². The van der Waals surface area contributed by atoms with Gasteiger partial charge in [0, 0.05) is 28.6 Å². The molecule has 0 spiro atoms. The number of sulfonamides is 1. The minimum absolute atomic E-state index is 0.0797. The van der Waals surface area contributed by atoms with Crippen LogP contribution >= 0.6 is 34.7 Å². The van der Waals surface area contributed by atoms with Gasteiger partial charge in [0.25, 0.3) is 15.9 Å². The van der Waals surface area contributed by atoms with E-state index in [1.54, 1.807) is 24.3 Å². The van der Waals surface area contributed by atoms with Gasteiger partial charge in [-0.2, -0.15) is 17.6 Å². The normalized spacial score (nSPS) is 17.3. The number of carbonyl (C=O) groups excluding carboxylic acids is 2. The number of rotatable bonds is 11. The quantitative estimate of drug-likeness (QED) is 0.290. The lowest BCUT2D eigenvalue weighted by molar-refractivity contribution is -0.207. The molecule has 3 rings (SSSR count). The molecule has 1 aliphatic heterocycles. The lowest BCUT2D eigenvalue weighted by atomic mass is 10.1. The third kappa shape index (κ3) is 7.48. The van der Waals surface area contributed by atoms with Crippen molar-refractivity contribution in [2.75, 3.05) is 19.6 Å². The summed E-state index contributed by atoms with van der Waals surface area (Å²) in [5, 5.41) is 7.65. The van der Waals surface area contributed by atoms with E-state index in [-0.39, 0.29) is 23.2 Å². The van der Waals surface area contributed by atoms with Crippen molar-refractivity contribution in [1.82, 2.24) is 25.1 Å². The molecule has 0 radical (unpaired) electrons. The lowest BCUT2D eigenvalue weighted by Gasteiger charge is -2.40. The highest BCUT2D eigenvalue weighted by molar-refractivity contribution is 7.91. The third-order valence-electron chi connectivity index (χ3n) is 5.15. The lowest BCUT2D eigenvalue weighted by Crippen LogP contribution is -2.63. The Kier molecular flexibility index (Phi) is 9.84. The maximum atomic E-state index is 13.6. The molecule has 0 aliphatic carbocycles. The summed E-state index contributed by atoms with van der Waals surface area (Å²) in [7, 11) is -4.05. The molecule has 1 atom stereocenters. The molecule has 1 unspecified atom stereocenters. The van der Waals surface area contributed by atoms with Gasteiger partial charge < -0.3 is 16.0 Å². The van der Waals surface area contributed by atoms with E-state index in [4.69, 9.17) is 23.4 Å². The molecule has 1 aromatic heterocycles. The summed E-state index contributed by atoms with van der Waals surface area (Å²) in [6.45, 7) is -1.24. The van der Waals surface area contributed by atoms with Crippen LogP contribution in [0, 0.1) is 0 Å². The topological polar surface area (TPSA) is 120 Å². The van der Waals surface area contributed by atoms with Gasteiger partial charge in [-0.05, 0) is 66.5 Å². The van der Waals surface area contributed by atoms with Gasteiger partial charge in [-0.25, -0.2) is 13.1 Å². The Morgan fingerprint density at radius 2 is 1.79 bits per heavy atom. The van der Waals surface area contributed by atoms with Gasteiger partial charge in [0.2, 0.25) is 11.6 Å². The summed E-state index contributed by atoms with van der Waals surface area (Å²) < 4.78 is 68.3. The summed E-state index contributed by atoms with van der Waals surface area (Å²) in [6.07, 6.45) is -0.255. The molecular formula is C22H22Cl2F3N5O4S2. The second kappa shape index (κ2) is 12.5. The van der Waals surface area contributed by atoms with Crippen molar-refractivity contribution >= 4 is 56.6 Å². The molecule has 1 aliphatic rings. The summed E-state index contributed by atoms with van der Waals surface area (Å²) in [5.74, 6) is -1.13. The van der Waals surface area contributed by atoms with E-state index in [2.05, 4.69) is 20.7 Å². The number of alkyl halides is 3. The number of thiophene rings is 1. The minimum atomic E-state index is -4.76. The van der Waals surface area contributed by atoms with Crippen LogP contribution in [0.1, 0.15) is 15.2 Å². The molecule has 2 aromatic rings. The van der Waals surface area contributed by atoms with Crippen LogP contribution < -0.4 is 20.7 Å². The number of carbonyl (C=O) groups is 2. The molecular weight excluding hydrogens is 590 g/mol. The third-order valence-corrected chi connectivity index (χ3v) is 8.81. The fraction of sp³-hybridized carbons (Fsp3) is 0.273. The van der Waals surface area contributed by atoms with Crippen molar-refractivity contribution in [3.8, 4) is 0 Å². The van der Waals surface area contributed by atoms with Crippen LogP contribution in [0.25, 0.3) is 0 Å². The Labute approximate surface area is 230 Å². The number of dihydropyridines is 1. The number of allylic oxidation sites excluding steroid dienone is 2. The van der Waals surface area contributed by atoms with Gasteiger partial charge >= 0.3 is 6.18 Å². The molecule has 0 saturated carbocycles. The average molecular weight is 612 g/mol. The highest BCUT2D eigenvalue weighted by Crippen LogP contribution is 2.37. The van der Waals surface area contributed by atoms with Crippen molar-refractivity contribution in [3.63, 3.8) is 0 Å². The number of benzene rings is 1. The largest absolute Gasteiger partial charge is 0.430 e. The van der Waals surface area contributed by atoms with E-state index < -0.39 is 40.9 Å². The van der Waals surface area contributed by atoms with E-state index in [1.807, 2.05) is 0 Å². The summed E-state index contributed by atoms with van der Waals surface area (Å²) in [4.78, 5) is 24.8. The van der Waals surface area contributed by atoms with Gasteiger partial charge in [0.05, 0.1) is 13.1 Å². The molecule has 4 N–H and O–H groups in total. The molecule has 0 saturated heterocycles. The van der Waals surface area contributed by atoms with Gasteiger partial charge in [0.1, 0.15) is 4.21 Å². The Balaban J connectivity index is 1.45. The maximum Gasteiger partial charge on any atom is 0.430 e. The van der Waals surface area contributed by atoms with Crippen LogP contribution in [0.15, 0.2) is 65.0 Å². The predicted molar refractivity (Wildman–Crippen MR) is 138 cm³/mol. The molecule has 0 bridgehead atoms. The number of hydrogen-bond acceptors (Lipinski definition) is 7. The Hall–Kier alpha value is -2.62. The van der Waals surface area contributed by atoms with Crippen LogP contribution in [0.3, 0.4) is 0 Å².